The Bertz CT molecular complexity index is 1120. The van der Waals surface area contributed by atoms with Crippen molar-refractivity contribution in [3.05, 3.63) is 42.5 Å². The maximum absolute atomic E-state index is 12.3. The number of carbonyl (C=O) groups is 1. The minimum atomic E-state index is -0.0558. The number of aromatic nitrogens is 3. The lowest BCUT2D eigenvalue weighted by Crippen LogP contribution is -2.13. The molecular formula is C19H19N5OS2. The number of benzene rings is 2. The Labute approximate surface area is 165 Å². The van der Waals surface area contributed by atoms with Crippen LogP contribution in [0.1, 0.15) is 6.92 Å². The van der Waals surface area contributed by atoms with E-state index in [1.807, 2.05) is 12.1 Å². The number of aryl methyl sites for hydroxylation is 1. The number of carbonyl (C=O) groups excluding carboxylic acids is 1. The van der Waals surface area contributed by atoms with Gasteiger partial charge in [0.15, 0.2) is 4.34 Å². The number of hydrogen-bond donors (Lipinski definition) is 2. The van der Waals surface area contributed by atoms with E-state index >= 15 is 0 Å². The molecule has 0 fully saturated rings. The molecule has 6 nitrogen and oxygen atoms in total. The Morgan fingerprint density at radius 2 is 1.96 bits per heavy atom. The molecule has 2 heterocycles. The summed E-state index contributed by atoms with van der Waals surface area (Å²) < 4.78 is 3.07. The number of hydrogen-bond acceptors (Lipinski definition) is 6. The highest BCUT2D eigenvalue weighted by Crippen LogP contribution is 2.31. The molecule has 0 unspecified atom stereocenters. The van der Waals surface area contributed by atoms with Gasteiger partial charge in [0.1, 0.15) is 0 Å². The van der Waals surface area contributed by atoms with Gasteiger partial charge in [0, 0.05) is 41.1 Å². The molecule has 138 valence electrons. The molecule has 4 aromatic rings. The summed E-state index contributed by atoms with van der Waals surface area (Å²) in [6.45, 7) is 3.05. The summed E-state index contributed by atoms with van der Waals surface area (Å²) >= 11 is 2.82. The molecule has 8 heteroatoms. The average Bonchev–Trinajstić information content (AvgIpc) is 3.28. The molecule has 0 atom stereocenters. The number of fused-ring (bicyclic) bond motifs is 3. The van der Waals surface area contributed by atoms with Crippen LogP contribution in [0.25, 0.3) is 21.8 Å². The summed E-state index contributed by atoms with van der Waals surface area (Å²) in [5.74, 6) is 0.243. The van der Waals surface area contributed by atoms with E-state index in [9.17, 15) is 4.79 Å². The molecule has 0 aliphatic heterocycles. The van der Waals surface area contributed by atoms with Gasteiger partial charge in [-0.05, 0) is 31.2 Å². The molecule has 0 radical (unpaired) electrons. The first-order valence-corrected chi connectivity index (χ1v) is 10.4. The van der Waals surface area contributed by atoms with Crippen LogP contribution in [0, 0.1) is 0 Å². The third kappa shape index (κ3) is 3.50. The fourth-order valence-electron chi connectivity index (χ4n) is 3.17. The Balaban J connectivity index is 1.53. The number of rotatable bonds is 6. The van der Waals surface area contributed by atoms with Crippen molar-refractivity contribution < 1.29 is 4.79 Å². The number of anilines is 2. The van der Waals surface area contributed by atoms with E-state index in [-0.39, 0.29) is 5.91 Å². The summed E-state index contributed by atoms with van der Waals surface area (Å²) in [6.07, 6.45) is 0. The molecule has 2 aromatic heterocycles. The van der Waals surface area contributed by atoms with Crippen molar-refractivity contribution in [2.75, 3.05) is 23.4 Å². The lowest BCUT2D eigenvalue weighted by atomic mass is 10.1. The second kappa shape index (κ2) is 7.58. The first-order valence-electron chi connectivity index (χ1n) is 8.64. The molecule has 0 bridgehead atoms. The van der Waals surface area contributed by atoms with Crippen LogP contribution < -0.4 is 10.6 Å². The van der Waals surface area contributed by atoms with Gasteiger partial charge in [-0.2, -0.15) is 0 Å². The predicted octanol–water partition coefficient (Wildman–Crippen LogP) is 4.44. The van der Waals surface area contributed by atoms with Gasteiger partial charge in [0.25, 0.3) is 0 Å². The summed E-state index contributed by atoms with van der Waals surface area (Å²) in [5, 5.41) is 17.0. The summed E-state index contributed by atoms with van der Waals surface area (Å²) in [7, 11) is 1.80. The van der Waals surface area contributed by atoms with E-state index in [1.54, 1.807) is 7.05 Å². The molecule has 0 saturated heterocycles. The Hall–Kier alpha value is -2.58. The maximum atomic E-state index is 12.3. The highest BCUT2D eigenvalue weighted by Gasteiger charge is 2.12. The zero-order valence-corrected chi connectivity index (χ0v) is 16.7. The Kier molecular flexibility index (Phi) is 5.00. The van der Waals surface area contributed by atoms with Crippen molar-refractivity contribution in [3.8, 4) is 0 Å². The van der Waals surface area contributed by atoms with E-state index in [2.05, 4.69) is 62.7 Å². The van der Waals surface area contributed by atoms with Crippen LogP contribution in [-0.2, 0) is 11.3 Å². The lowest BCUT2D eigenvalue weighted by Gasteiger charge is -2.06. The maximum Gasteiger partial charge on any atom is 0.234 e. The van der Waals surface area contributed by atoms with Crippen LogP contribution in [0.15, 0.2) is 46.8 Å². The highest BCUT2D eigenvalue weighted by molar-refractivity contribution is 8.01. The Morgan fingerprint density at radius 1 is 1.15 bits per heavy atom. The monoisotopic (exact) mass is 397 g/mol. The molecule has 0 spiro atoms. The summed E-state index contributed by atoms with van der Waals surface area (Å²) in [5.41, 5.74) is 3.20. The average molecular weight is 398 g/mol. The normalized spacial score (nSPS) is 11.2. The number of nitrogens with zero attached hydrogens (tertiary/aromatic N) is 3. The van der Waals surface area contributed by atoms with Crippen molar-refractivity contribution in [1.29, 1.82) is 0 Å². The van der Waals surface area contributed by atoms with Crippen LogP contribution in [0.4, 0.5) is 10.8 Å². The van der Waals surface area contributed by atoms with Gasteiger partial charge in [-0.25, -0.2) is 0 Å². The van der Waals surface area contributed by atoms with Gasteiger partial charge in [-0.15, -0.1) is 10.2 Å². The van der Waals surface area contributed by atoms with Gasteiger partial charge in [0.05, 0.1) is 5.75 Å². The molecule has 2 N–H and O–H groups in total. The smallest absolute Gasteiger partial charge is 0.234 e. The highest BCUT2D eigenvalue weighted by atomic mass is 32.2. The minimum Gasteiger partial charge on any atom is -0.363 e. The van der Waals surface area contributed by atoms with Crippen molar-refractivity contribution in [2.24, 2.45) is 0 Å². The molecular weight excluding hydrogens is 378 g/mol. The van der Waals surface area contributed by atoms with Crippen molar-refractivity contribution >= 4 is 61.6 Å². The van der Waals surface area contributed by atoms with E-state index in [0.717, 1.165) is 27.1 Å². The van der Waals surface area contributed by atoms with E-state index < -0.39 is 0 Å². The number of para-hydroxylation sites is 1. The second-order valence-corrected chi connectivity index (χ2v) is 8.15. The minimum absolute atomic E-state index is 0.0558. The molecule has 27 heavy (non-hydrogen) atoms. The zero-order chi connectivity index (χ0) is 18.8. The fraction of sp³-hybridized carbons (Fsp3) is 0.211. The standard InChI is InChI=1S/C19H19N5OS2/c1-3-24-15-7-5-4-6-13(15)14-10-12(8-9-16(14)24)21-17(25)11-26-19-23-22-18(20-2)27-19/h4-10H,3,11H2,1-2H3,(H,20,22)(H,21,25). The summed E-state index contributed by atoms with van der Waals surface area (Å²) in [4.78, 5) is 12.3. The number of thioether (sulfide) groups is 1. The third-order valence-electron chi connectivity index (χ3n) is 4.32. The van der Waals surface area contributed by atoms with Crippen LogP contribution in [0.3, 0.4) is 0 Å². The lowest BCUT2D eigenvalue weighted by molar-refractivity contribution is -0.113. The summed E-state index contributed by atoms with van der Waals surface area (Å²) in [6, 6.07) is 14.4. The fourth-order valence-corrected chi connectivity index (χ4v) is 4.67. The quantitative estimate of drug-likeness (QED) is 0.471. The van der Waals surface area contributed by atoms with Crippen LogP contribution >= 0.6 is 23.1 Å². The van der Waals surface area contributed by atoms with Crippen molar-refractivity contribution in [1.82, 2.24) is 14.8 Å². The predicted molar refractivity (Wildman–Crippen MR) is 114 cm³/mol. The van der Waals surface area contributed by atoms with Crippen LogP contribution in [0.5, 0.6) is 0 Å². The first-order chi connectivity index (χ1) is 13.2. The van der Waals surface area contributed by atoms with E-state index in [1.165, 1.54) is 39.5 Å². The first kappa shape index (κ1) is 17.8. The molecule has 2 aromatic carbocycles. The van der Waals surface area contributed by atoms with Gasteiger partial charge in [-0.1, -0.05) is 41.3 Å². The largest absolute Gasteiger partial charge is 0.363 e. The zero-order valence-electron chi connectivity index (χ0n) is 15.0. The van der Waals surface area contributed by atoms with Gasteiger partial charge >= 0.3 is 0 Å². The second-order valence-electron chi connectivity index (χ2n) is 5.95. The van der Waals surface area contributed by atoms with Gasteiger partial charge in [0.2, 0.25) is 11.0 Å². The van der Waals surface area contributed by atoms with E-state index in [0.29, 0.717) is 5.75 Å². The molecule has 0 aliphatic rings. The van der Waals surface area contributed by atoms with Crippen molar-refractivity contribution in [3.63, 3.8) is 0 Å². The van der Waals surface area contributed by atoms with Crippen LogP contribution in [0.2, 0.25) is 0 Å². The number of amides is 1. The van der Waals surface area contributed by atoms with Crippen LogP contribution in [-0.4, -0.2) is 33.5 Å². The number of nitrogens with one attached hydrogen (secondary N) is 2. The van der Waals surface area contributed by atoms with E-state index in [4.69, 9.17) is 0 Å². The topological polar surface area (TPSA) is 71.8 Å². The van der Waals surface area contributed by atoms with Gasteiger partial charge < -0.3 is 15.2 Å². The Morgan fingerprint density at radius 3 is 2.74 bits per heavy atom. The van der Waals surface area contributed by atoms with Gasteiger partial charge in [-0.3, -0.25) is 4.79 Å². The molecule has 1 amide bonds. The molecule has 0 aliphatic carbocycles. The molecule has 0 saturated carbocycles. The third-order valence-corrected chi connectivity index (χ3v) is 6.39. The SMILES string of the molecule is CCn1c2ccccc2c2cc(NC(=O)CSc3nnc(NC)s3)ccc21. The van der Waals surface area contributed by atoms with Crippen molar-refractivity contribution in [2.45, 2.75) is 17.8 Å². The molecule has 4 rings (SSSR count).